The first-order chi connectivity index (χ1) is 9.85. The van der Waals surface area contributed by atoms with Crippen molar-refractivity contribution in [1.29, 1.82) is 0 Å². The molecule has 9 heteroatoms. The lowest BCUT2D eigenvalue weighted by atomic mass is 10.2. The number of nitro groups is 1. The van der Waals surface area contributed by atoms with Crippen LogP contribution in [-0.2, 0) is 9.53 Å². The van der Waals surface area contributed by atoms with Gasteiger partial charge in [-0.3, -0.25) is 19.7 Å². The Balaban J connectivity index is 2.77. The zero-order valence-electron chi connectivity index (χ0n) is 11.0. The van der Waals surface area contributed by atoms with Gasteiger partial charge < -0.3 is 15.2 Å². The normalized spacial score (nSPS) is 11.7. The summed E-state index contributed by atoms with van der Waals surface area (Å²) in [5.74, 6) is -1.56. The number of halogens is 1. The smallest absolute Gasteiger partial charge is 0.306 e. The first-order valence-electron chi connectivity index (χ1n) is 5.82. The van der Waals surface area contributed by atoms with Gasteiger partial charge >= 0.3 is 5.97 Å². The molecule has 1 unspecified atom stereocenters. The second-order valence-electron chi connectivity index (χ2n) is 4.09. The number of ether oxygens (including phenoxy) is 1. The van der Waals surface area contributed by atoms with Crippen LogP contribution in [0.4, 0.5) is 5.69 Å². The van der Waals surface area contributed by atoms with Crippen molar-refractivity contribution >= 4 is 40.2 Å². The standard InChI is InChI=1S/C12H13IN2O6/c1-21-8(5-11(16)17)6-14-12(18)9-4-7(15(19)20)2-3-10(9)13/h2-4,8H,5-6H2,1H3,(H,14,18)(H,16,17). The number of hydrogen-bond acceptors (Lipinski definition) is 5. The van der Waals surface area contributed by atoms with E-state index < -0.39 is 22.9 Å². The molecule has 2 N–H and O–H groups in total. The molecule has 0 aromatic heterocycles. The molecular formula is C12H13IN2O6. The molecule has 114 valence electrons. The van der Waals surface area contributed by atoms with Crippen LogP contribution in [-0.4, -0.2) is 41.7 Å². The molecule has 0 radical (unpaired) electrons. The predicted molar refractivity (Wildman–Crippen MR) is 81.2 cm³/mol. The number of methoxy groups -OCH3 is 1. The van der Waals surface area contributed by atoms with Gasteiger partial charge in [0.15, 0.2) is 0 Å². The van der Waals surface area contributed by atoms with Crippen molar-refractivity contribution in [2.75, 3.05) is 13.7 Å². The summed E-state index contributed by atoms with van der Waals surface area (Å²) in [6.45, 7) is 0.000402. The van der Waals surface area contributed by atoms with Crippen LogP contribution in [0.5, 0.6) is 0 Å². The molecule has 1 aromatic carbocycles. The summed E-state index contributed by atoms with van der Waals surface area (Å²) in [4.78, 5) is 32.7. The number of carbonyl (C=O) groups excluding carboxylic acids is 1. The minimum Gasteiger partial charge on any atom is -0.481 e. The molecule has 0 fully saturated rings. The quantitative estimate of drug-likeness (QED) is 0.400. The zero-order valence-corrected chi connectivity index (χ0v) is 13.2. The van der Waals surface area contributed by atoms with Crippen LogP contribution < -0.4 is 5.32 Å². The molecule has 0 saturated carbocycles. The van der Waals surface area contributed by atoms with Gasteiger partial charge in [0.05, 0.1) is 23.0 Å². The molecule has 0 aliphatic carbocycles. The van der Waals surface area contributed by atoms with Crippen molar-refractivity contribution in [2.45, 2.75) is 12.5 Å². The number of nitro benzene ring substituents is 1. The molecule has 0 heterocycles. The van der Waals surface area contributed by atoms with Crippen molar-refractivity contribution in [3.8, 4) is 0 Å². The second kappa shape index (κ2) is 7.88. The molecule has 0 aliphatic heterocycles. The number of nitrogens with zero attached hydrogens (tertiary/aromatic N) is 1. The minimum atomic E-state index is -1.04. The molecule has 0 spiro atoms. The van der Waals surface area contributed by atoms with Crippen molar-refractivity contribution in [2.24, 2.45) is 0 Å². The van der Waals surface area contributed by atoms with Gasteiger partial charge in [-0.05, 0) is 28.7 Å². The summed E-state index contributed by atoms with van der Waals surface area (Å²) in [5.41, 5.74) is -0.0237. The number of nitrogens with one attached hydrogen (secondary N) is 1. The van der Waals surface area contributed by atoms with E-state index in [1.807, 2.05) is 22.6 Å². The monoisotopic (exact) mass is 408 g/mol. The van der Waals surface area contributed by atoms with Crippen LogP contribution in [0.3, 0.4) is 0 Å². The van der Waals surface area contributed by atoms with Crippen LogP contribution in [0, 0.1) is 13.7 Å². The number of carbonyl (C=O) groups is 2. The van der Waals surface area contributed by atoms with Crippen molar-refractivity contribution in [3.63, 3.8) is 0 Å². The van der Waals surface area contributed by atoms with E-state index in [2.05, 4.69) is 5.32 Å². The van der Waals surface area contributed by atoms with Gasteiger partial charge in [0.25, 0.3) is 11.6 Å². The molecule has 1 aromatic rings. The van der Waals surface area contributed by atoms with Crippen LogP contribution in [0.25, 0.3) is 0 Å². The number of aliphatic carboxylic acids is 1. The summed E-state index contributed by atoms with van der Waals surface area (Å²) < 4.78 is 5.49. The molecular weight excluding hydrogens is 395 g/mol. The number of non-ortho nitro benzene ring substituents is 1. The topological polar surface area (TPSA) is 119 Å². The fraction of sp³-hybridized carbons (Fsp3) is 0.333. The molecule has 1 amide bonds. The molecule has 1 rings (SSSR count). The number of amides is 1. The van der Waals surface area contributed by atoms with Crippen molar-refractivity contribution in [1.82, 2.24) is 5.32 Å². The number of carboxylic acids is 1. The Morgan fingerprint density at radius 3 is 2.71 bits per heavy atom. The average molecular weight is 408 g/mol. The molecule has 0 saturated heterocycles. The Labute approximate surface area is 133 Å². The van der Waals surface area contributed by atoms with E-state index in [1.165, 1.54) is 25.3 Å². The van der Waals surface area contributed by atoms with Gasteiger partial charge in [0, 0.05) is 29.4 Å². The van der Waals surface area contributed by atoms with Gasteiger partial charge in [-0.25, -0.2) is 0 Å². The van der Waals surface area contributed by atoms with E-state index in [-0.39, 0.29) is 24.2 Å². The number of benzene rings is 1. The van der Waals surface area contributed by atoms with Gasteiger partial charge in [-0.2, -0.15) is 0 Å². The second-order valence-corrected chi connectivity index (χ2v) is 5.25. The summed E-state index contributed by atoms with van der Waals surface area (Å²) in [6, 6.07) is 3.95. The number of carboxylic acid groups (broad SMARTS) is 1. The number of hydrogen-bond donors (Lipinski definition) is 2. The van der Waals surface area contributed by atoms with E-state index in [9.17, 15) is 19.7 Å². The highest BCUT2D eigenvalue weighted by atomic mass is 127. The molecule has 1 atom stereocenters. The molecule has 0 aliphatic rings. The van der Waals surface area contributed by atoms with Gasteiger partial charge in [-0.15, -0.1) is 0 Å². The summed E-state index contributed by atoms with van der Waals surface area (Å²) in [6.07, 6.45) is -0.911. The third-order valence-electron chi connectivity index (χ3n) is 2.63. The lowest BCUT2D eigenvalue weighted by Crippen LogP contribution is -2.34. The maximum absolute atomic E-state index is 12.0. The number of rotatable bonds is 7. The Bertz CT molecular complexity index is 563. The van der Waals surface area contributed by atoms with Gasteiger partial charge in [0.2, 0.25) is 0 Å². The van der Waals surface area contributed by atoms with E-state index >= 15 is 0 Å². The summed E-state index contributed by atoms with van der Waals surface area (Å²) in [7, 11) is 1.34. The van der Waals surface area contributed by atoms with Gasteiger partial charge in [-0.1, -0.05) is 0 Å². The average Bonchev–Trinajstić information content (AvgIpc) is 2.42. The maximum Gasteiger partial charge on any atom is 0.306 e. The lowest BCUT2D eigenvalue weighted by Gasteiger charge is -2.14. The third kappa shape index (κ3) is 5.27. The third-order valence-corrected chi connectivity index (χ3v) is 3.57. The van der Waals surface area contributed by atoms with Crippen LogP contribution >= 0.6 is 22.6 Å². The Morgan fingerprint density at radius 2 is 2.19 bits per heavy atom. The van der Waals surface area contributed by atoms with Crippen LogP contribution in [0.2, 0.25) is 0 Å². The Hall–Kier alpha value is -1.75. The predicted octanol–water partition coefficient (Wildman–Crippen LogP) is 1.42. The van der Waals surface area contributed by atoms with Crippen LogP contribution in [0.15, 0.2) is 18.2 Å². The molecule has 21 heavy (non-hydrogen) atoms. The minimum absolute atomic E-state index is 0.000402. The largest absolute Gasteiger partial charge is 0.481 e. The van der Waals surface area contributed by atoms with Crippen molar-refractivity contribution in [3.05, 3.63) is 37.4 Å². The van der Waals surface area contributed by atoms with Crippen molar-refractivity contribution < 1.29 is 24.4 Å². The van der Waals surface area contributed by atoms with E-state index in [0.717, 1.165) is 0 Å². The van der Waals surface area contributed by atoms with E-state index in [4.69, 9.17) is 9.84 Å². The highest BCUT2D eigenvalue weighted by Gasteiger charge is 2.18. The van der Waals surface area contributed by atoms with Gasteiger partial charge in [0.1, 0.15) is 0 Å². The highest BCUT2D eigenvalue weighted by Crippen LogP contribution is 2.19. The highest BCUT2D eigenvalue weighted by molar-refractivity contribution is 14.1. The Morgan fingerprint density at radius 1 is 1.52 bits per heavy atom. The van der Waals surface area contributed by atoms with E-state index in [0.29, 0.717) is 3.57 Å². The summed E-state index contributed by atoms with van der Waals surface area (Å²) in [5, 5.41) is 21.9. The molecule has 8 nitrogen and oxygen atoms in total. The fourth-order valence-electron chi connectivity index (χ4n) is 1.54. The SMILES string of the molecule is COC(CNC(=O)c1cc([N+](=O)[O-])ccc1I)CC(=O)O. The van der Waals surface area contributed by atoms with E-state index in [1.54, 1.807) is 0 Å². The Kier molecular flexibility index (Phi) is 6.49. The first kappa shape index (κ1) is 17.3. The first-order valence-corrected chi connectivity index (χ1v) is 6.89. The zero-order chi connectivity index (χ0) is 16.0. The summed E-state index contributed by atoms with van der Waals surface area (Å²) >= 11 is 1.89. The lowest BCUT2D eigenvalue weighted by molar-refractivity contribution is -0.384. The van der Waals surface area contributed by atoms with Crippen LogP contribution in [0.1, 0.15) is 16.8 Å². The maximum atomic E-state index is 12.0. The molecule has 0 bridgehead atoms. The fourth-order valence-corrected chi connectivity index (χ4v) is 2.12.